The molecule has 0 aliphatic rings. The van der Waals surface area contributed by atoms with Gasteiger partial charge in [0.25, 0.3) is 0 Å². The Morgan fingerprint density at radius 1 is 1.47 bits per heavy atom. The number of hydrogen-bond acceptors (Lipinski definition) is 5. The van der Waals surface area contributed by atoms with Crippen molar-refractivity contribution in [3.8, 4) is 0 Å². The fourth-order valence-electron chi connectivity index (χ4n) is 1.38. The maximum Gasteiger partial charge on any atom is 0.244 e. The van der Waals surface area contributed by atoms with E-state index in [1.165, 1.54) is 16.6 Å². The largest absolute Gasteiger partial charge is 0.307 e. The molecule has 3 N–H and O–H groups in total. The number of pyridine rings is 1. The quantitative estimate of drug-likeness (QED) is 0.621. The van der Waals surface area contributed by atoms with Gasteiger partial charge in [-0.15, -0.1) is 0 Å². The maximum atomic E-state index is 12.1. The lowest BCUT2D eigenvalue weighted by Crippen LogP contribution is -2.30. The van der Waals surface area contributed by atoms with Crippen LogP contribution in [-0.4, -0.2) is 30.8 Å². The maximum absolute atomic E-state index is 12.1. The van der Waals surface area contributed by atoms with Gasteiger partial charge in [-0.05, 0) is 6.07 Å². The third-order valence-electron chi connectivity index (χ3n) is 2.30. The first kappa shape index (κ1) is 14.2. The van der Waals surface area contributed by atoms with Crippen LogP contribution < -0.4 is 11.3 Å². The molecule has 0 unspecified atom stereocenters. The van der Waals surface area contributed by atoms with Crippen molar-refractivity contribution in [1.29, 1.82) is 0 Å². The summed E-state index contributed by atoms with van der Waals surface area (Å²) >= 11 is 5.84. The van der Waals surface area contributed by atoms with Gasteiger partial charge in [-0.1, -0.05) is 25.4 Å². The van der Waals surface area contributed by atoms with E-state index in [-0.39, 0.29) is 15.7 Å². The molecule has 0 aliphatic carbocycles. The van der Waals surface area contributed by atoms with Gasteiger partial charge in [0.2, 0.25) is 10.0 Å². The van der Waals surface area contributed by atoms with Crippen molar-refractivity contribution >= 4 is 27.4 Å². The highest BCUT2D eigenvalue weighted by Crippen LogP contribution is 2.23. The second-order valence-corrected chi connectivity index (χ2v) is 5.58. The lowest BCUT2D eigenvalue weighted by atomic mass is 10.5. The third kappa shape index (κ3) is 2.86. The number of hydrazine groups is 1. The Balaban J connectivity index is 3.20. The van der Waals surface area contributed by atoms with Gasteiger partial charge in [-0.2, -0.15) is 4.31 Å². The van der Waals surface area contributed by atoms with E-state index in [1.54, 1.807) is 13.8 Å². The number of nitrogens with two attached hydrogens (primary N) is 1. The molecule has 0 atom stereocenters. The number of sulfonamides is 1. The lowest BCUT2D eigenvalue weighted by Gasteiger charge is -2.18. The van der Waals surface area contributed by atoms with E-state index in [4.69, 9.17) is 17.4 Å². The summed E-state index contributed by atoms with van der Waals surface area (Å²) in [6, 6.07) is 1.33. The molecule has 1 aromatic heterocycles. The Labute approximate surface area is 106 Å². The van der Waals surface area contributed by atoms with E-state index in [1.807, 2.05) is 0 Å². The molecule has 1 rings (SSSR count). The van der Waals surface area contributed by atoms with E-state index < -0.39 is 10.0 Å². The molecule has 0 spiro atoms. The molecule has 0 radical (unpaired) electrons. The monoisotopic (exact) mass is 278 g/mol. The van der Waals surface area contributed by atoms with E-state index >= 15 is 0 Å². The minimum Gasteiger partial charge on any atom is -0.307 e. The van der Waals surface area contributed by atoms with Crippen LogP contribution >= 0.6 is 11.6 Å². The van der Waals surface area contributed by atoms with Gasteiger partial charge in [0.05, 0.1) is 5.02 Å². The van der Waals surface area contributed by atoms with E-state index in [9.17, 15) is 8.42 Å². The summed E-state index contributed by atoms with van der Waals surface area (Å²) in [4.78, 5) is 3.90. The number of halogens is 1. The molecule has 0 fully saturated rings. The highest BCUT2D eigenvalue weighted by Gasteiger charge is 2.22. The van der Waals surface area contributed by atoms with Gasteiger partial charge in [-0.3, -0.25) is 0 Å². The van der Waals surface area contributed by atoms with E-state index in [0.717, 1.165) is 0 Å². The molecule has 17 heavy (non-hydrogen) atoms. The van der Waals surface area contributed by atoms with Crippen molar-refractivity contribution < 1.29 is 8.42 Å². The zero-order chi connectivity index (χ0) is 13.1. The number of nitrogen functional groups attached to an aromatic ring is 1. The van der Waals surface area contributed by atoms with Gasteiger partial charge in [0.1, 0.15) is 4.90 Å². The first-order valence-electron chi connectivity index (χ1n) is 5.09. The molecule has 96 valence electrons. The number of anilines is 1. The van der Waals surface area contributed by atoms with Crippen LogP contribution in [0.2, 0.25) is 5.02 Å². The van der Waals surface area contributed by atoms with Crippen molar-refractivity contribution in [3.63, 3.8) is 0 Å². The molecule has 0 aromatic carbocycles. The summed E-state index contributed by atoms with van der Waals surface area (Å²) in [5.41, 5.74) is 2.28. The molecule has 0 saturated carbocycles. The highest BCUT2D eigenvalue weighted by atomic mass is 35.5. The Morgan fingerprint density at radius 2 is 2.06 bits per heavy atom. The first-order valence-corrected chi connectivity index (χ1v) is 6.91. The number of aromatic nitrogens is 1. The molecule has 6 nitrogen and oxygen atoms in total. The van der Waals surface area contributed by atoms with Crippen LogP contribution in [0.25, 0.3) is 0 Å². The Hall–Kier alpha value is -0.890. The smallest absolute Gasteiger partial charge is 0.244 e. The van der Waals surface area contributed by atoms with Crippen LogP contribution in [0.3, 0.4) is 0 Å². The Morgan fingerprint density at radius 3 is 2.47 bits per heavy atom. The van der Waals surface area contributed by atoms with Crippen LogP contribution in [0.15, 0.2) is 17.2 Å². The summed E-state index contributed by atoms with van der Waals surface area (Å²) in [5, 5.41) is 0.167. The van der Waals surface area contributed by atoms with Crippen LogP contribution in [0.5, 0.6) is 0 Å². The van der Waals surface area contributed by atoms with Gasteiger partial charge in [0.15, 0.2) is 5.82 Å². The van der Waals surface area contributed by atoms with E-state index in [2.05, 4.69) is 10.4 Å². The Kier molecular flexibility index (Phi) is 4.70. The SMILES string of the molecule is CCN(CC)S(=O)(=O)c1cnc(NN)c(Cl)c1. The number of rotatable bonds is 5. The molecule has 8 heteroatoms. The summed E-state index contributed by atoms with van der Waals surface area (Å²) < 4.78 is 25.6. The standard InChI is InChI=1S/C9H15ClN4O2S/c1-3-14(4-2)17(15,16)7-5-8(10)9(13-11)12-6-7/h5-6H,3-4,11H2,1-2H3,(H,12,13). The molecule has 0 bridgehead atoms. The van der Waals surface area contributed by atoms with Crippen LogP contribution in [0.1, 0.15) is 13.8 Å². The number of nitrogens with one attached hydrogen (secondary N) is 1. The predicted octanol–water partition coefficient (Wildman–Crippen LogP) is 1.05. The molecule has 0 saturated heterocycles. The van der Waals surface area contributed by atoms with Gasteiger partial charge in [-0.25, -0.2) is 19.2 Å². The van der Waals surface area contributed by atoms with Crippen molar-refractivity contribution in [2.45, 2.75) is 18.7 Å². The number of hydrogen-bond donors (Lipinski definition) is 2. The van der Waals surface area contributed by atoms with Gasteiger partial charge < -0.3 is 5.43 Å². The van der Waals surface area contributed by atoms with Crippen LogP contribution in [-0.2, 0) is 10.0 Å². The van der Waals surface area contributed by atoms with Crippen molar-refractivity contribution in [2.24, 2.45) is 5.84 Å². The molecular formula is C9H15ClN4O2S. The second-order valence-electron chi connectivity index (χ2n) is 3.24. The highest BCUT2D eigenvalue weighted by molar-refractivity contribution is 7.89. The predicted molar refractivity (Wildman–Crippen MR) is 67.2 cm³/mol. The summed E-state index contributed by atoms with van der Waals surface area (Å²) in [7, 11) is -3.53. The average molecular weight is 279 g/mol. The van der Waals surface area contributed by atoms with E-state index in [0.29, 0.717) is 13.1 Å². The number of nitrogens with zero attached hydrogens (tertiary/aromatic N) is 2. The average Bonchev–Trinajstić information content (AvgIpc) is 2.30. The molecular weight excluding hydrogens is 264 g/mol. The van der Waals surface area contributed by atoms with Crippen molar-refractivity contribution in [3.05, 3.63) is 17.3 Å². The molecule has 0 aliphatic heterocycles. The molecule has 1 aromatic rings. The second kappa shape index (κ2) is 5.63. The summed E-state index contributed by atoms with van der Waals surface area (Å²) in [6.45, 7) is 4.33. The third-order valence-corrected chi connectivity index (χ3v) is 4.60. The van der Waals surface area contributed by atoms with Crippen LogP contribution in [0.4, 0.5) is 5.82 Å². The topological polar surface area (TPSA) is 88.3 Å². The minimum atomic E-state index is -3.53. The zero-order valence-electron chi connectivity index (χ0n) is 9.64. The van der Waals surface area contributed by atoms with Crippen molar-refractivity contribution in [2.75, 3.05) is 18.5 Å². The summed E-state index contributed by atoms with van der Waals surface area (Å²) in [5.74, 6) is 5.41. The normalized spacial score (nSPS) is 11.8. The van der Waals surface area contributed by atoms with Gasteiger partial charge >= 0.3 is 0 Å². The van der Waals surface area contributed by atoms with Gasteiger partial charge in [0, 0.05) is 19.3 Å². The fraction of sp³-hybridized carbons (Fsp3) is 0.444. The lowest BCUT2D eigenvalue weighted by molar-refractivity contribution is 0.445. The minimum absolute atomic E-state index is 0.0604. The van der Waals surface area contributed by atoms with Crippen molar-refractivity contribution in [1.82, 2.24) is 9.29 Å². The fourth-order valence-corrected chi connectivity index (χ4v) is 3.10. The molecule has 1 heterocycles. The zero-order valence-corrected chi connectivity index (χ0v) is 11.2. The van der Waals surface area contributed by atoms with Crippen LogP contribution in [0, 0.1) is 0 Å². The molecule has 0 amide bonds. The summed E-state index contributed by atoms with van der Waals surface area (Å²) in [6.07, 6.45) is 1.23. The Bertz CT molecular complexity index is 488. The first-order chi connectivity index (χ1) is 7.97.